The Bertz CT molecular complexity index is 359. The molecule has 1 aliphatic rings. The number of hydrogen-bond acceptors (Lipinski definition) is 3. The van der Waals surface area contributed by atoms with Gasteiger partial charge in [0.25, 0.3) is 0 Å². The van der Waals surface area contributed by atoms with Crippen LogP contribution in [0.3, 0.4) is 0 Å². The van der Waals surface area contributed by atoms with Crippen molar-refractivity contribution >= 4 is 11.6 Å². The third-order valence-electron chi connectivity index (χ3n) is 3.44. The van der Waals surface area contributed by atoms with Crippen molar-refractivity contribution in [3.05, 3.63) is 29.0 Å². The summed E-state index contributed by atoms with van der Waals surface area (Å²) in [4.78, 5) is 6.34. The molecule has 2 heterocycles. The predicted octanol–water partition coefficient (Wildman–Crippen LogP) is 2.47. The molecule has 1 unspecified atom stereocenters. The quantitative estimate of drug-likeness (QED) is 0.900. The molecule has 1 N–H and O–H groups in total. The van der Waals surface area contributed by atoms with E-state index in [-0.39, 0.29) is 12.6 Å². The Morgan fingerprint density at radius 2 is 2.29 bits per heavy atom. The standard InChI is InChI=1S/C13H19ClN2O/c14-13-8-15-6-5-11(13)9-16-7-3-1-2-4-12(16)10-17/h5-6,8,12,17H,1-4,7,9-10H2. The van der Waals surface area contributed by atoms with E-state index in [1.807, 2.05) is 6.07 Å². The molecular formula is C13H19ClN2O. The van der Waals surface area contributed by atoms with Gasteiger partial charge in [-0.05, 0) is 31.0 Å². The summed E-state index contributed by atoms with van der Waals surface area (Å²) in [6.07, 6.45) is 8.22. The summed E-state index contributed by atoms with van der Waals surface area (Å²) in [6.45, 7) is 2.10. The normalized spacial score (nSPS) is 22.4. The Morgan fingerprint density at radius 1 is 1.41 bits per heavy atom. The van der Waals surface area contributed by atoms with Crippen LogP contribution >= 0.6 is 11.6 Å². The number of aliphatic hydroxyl groups is 1. The molecule has 1 aromatic heterocycles. The van der Waals surface area contributed by atoms with E-state index in [9.17, 15) is 5.11 Å². The lowest BCUT2D eigenvalue weighted by Crippen LogP contribution is -2.37. The van der Waals surface area contributed by atoms with E-state index in [4.69, 9.17) is 11.6 Å². The van der Waals surface area contributed by atoms with Crippen LogP contribution in [0.15, 0.2) is 18.5 Å². The average molecular weight is 255 g/mol. The van der Waals surface area contributed by atoms with Crippen LogP contribution < -0.4 is 0 Å². The summed E-state index contributed by atoms with van der Waals surface area (Å²) in [7, 11) is 0. The summed E-state index contributed by atoms with van der Waals surface area (Å²) in [6, 6.07) is 2.24. The van der Waals surface area contributed by atoms with Crippen LogP contribution in [0, 0.1) is 0 Å². The second kappa shape index (κ2) is 6.34. The zero-order valence-electron chi connectivity index (χ0n) is 9.98. The zero-order valence-corrected chi connectivity index (χ0v) is 10.7. The summed E-state index contributed by atoms with van der Waals surface area (Å²) >= 11 is 6.12. The van der Waals surface area contributed by atoms with Gasteiger partial charge in [0.05, 0.1) is 11.6 Å². The first-order valence-corrected chi connectivity index (χ1v) is 6.62. The maximum Gasteiger partial charge on any atom is 0.0634 e. The SMILES string of the molecule is OCC1CCCCCN1Cc1ccncc1Cl. The van der Waals surface area contributed by atoms with Crippen LogP contribution in [-0.2, 0) is 6.54 Å². The molecule has 94 valence electrons. The highest BCUT2D eigenvalue weighted by Crippen LogP contribution is 2.22. The molecule has 0 saturated carbocycles. The molecule has 1 atom stereocenters. The highest BCUT2D eigenvalue weighted by molar-refractivity contribution is 6.31. The van der Waals surface area contributed by atoms with Crippen molar-refractivity contribution in [2.24, 2.45) is 0 Å². The maximum atomic E-state index is 9.45. The second-order valence-corrected chi connectivity index (χ2v) is 5.03. The zero-order chi connectivity index (χ0) is 12.1. The van der Waals surface area contributed by atoms with Gasteiger partial charge in [-0.2, -0.15) is 0 Å². The summed E-state index contributed by atoms with van der Waals surface area (Å²) < 4.78 is 0. The minimum atomic E-state index is 0.239. The number of hydrogen-bond donors (Lipinski definition) is 1. The molecule has 0 aromatic carbocycles. The highest BCUT2D eigenvalue weighted by Gasteiger charge is 2.20. The summed E-state index contributed by atoms with van der Waals surface area (Å²) in [5.41, 5.74) is 1.10. The second-order valence-electron chi connectivity index (χ2n) is 4.62. The number of aromatic nitrogens is 1. The Hall–Kier alpha value is -0.640. The van der Waals surface area contributed by atoms with Crippen molar-refractivity contribution in [2.45, 2.75) is 38.3 Å². The number of nitrogens with zero attached hydrogens (tertiary/aromatic N) is 2. The fourth-order valence-electron chi connectivity index (χ4n) is 2.40. The van der Waals surface area contributed by atoms with Gasteiger partial charge in [-0.25, -0.2) is 0 Å². The monoisotopic (exact) mass is 254 g/mol. The van der Waals surface area contributed by atoms with E-state index >= 15 is 0 Å². The van der Waals surface area contributed by atoms with Crippen LogP contribution in [0.25, 0.3) is 0 Å². The fourth-order valence-corrected chi connectivity index (χ4v) is 2.58. The Morgan fingerprint density at radius 3 is 3.06 bits per heavy atom. The molecular weight excluding hydrogens is 236 g/mol. The Kier molecular flexibility index (Phi) is 4.77. The van der Waals surface area contributed by atoms with Gasteiger partial charge < -0.3 is 5.11 Å². The lowest BCUT2D eigenvalue weighted by Gasteiger charge is -2.28. The van der Waals surface area contributed by atoms with E-state index in [0.29, 0.717) is 5.02 Å². The van der Waals surface area contributed by atoms with Crippen LogP contribution in [0.5, 0.6) is 0 Å². The molecule has 3 nitrogen and oxygen atoms in total. The number of aliphatic hydroxyl groups excluding tert-OH is 1. The lowest BCUT2D eigenvalue weighted by molar-refractivity contribution is 0.118. The van der Waals surface area contributed by atoms with Gasteiger partial charge in [0.15, 0.2) is 0 Å². The predicted molar refractivity (Wildman–Crippen MR) is 69.0 cm³/mol. The maximum absolute atomic E-state index is 9.45. The first-order chi connectivity index (χ1) is 8.31. The summed E-state index contributed by atoms with van der Waals surface area (Å²) in [5.74, 6) is 0. The van der Waals surface area contributed by atoms with E-state index in [0.717, 1.165) is 25.1 Å². The third kappa shape index (κ3) is 3.41. The number of halogens is 1. The minimum absolute atomic E-state index is 0.239. The smallest absolute Gasteiger partial charge is 0.0634 e. The fraction of sp³-hybridized carbons (Fsp3) is 0.615. The van der Waals surface area contributed by atoms with Crippen molar-refractivity contribution < 1.29 is 5.11 Å². The minimum Gasteiger partial charge on any atom is -0.395 e. The number of rotatable bonds is 3. The molecule has 1 aliphatic heterocycles. The molecule has 0 radical (unpaired) electrons. The summed E-state index contributed by atoms with van der Waals surface area (Å²) in [5, 5.41) is 10.2. The van der Waals surface area contributed by atoms with Gasteiger partial charge in [-0.1, -0.05) is 24.4 Å². The van der Waals surface area contributed by atoms with Crippen LogP contribution in [0.2, 0.25) is 5.02 Å². The van der Waals surface area contributed by atoms with E-state index < -0.39 is 0 Å². The van der Waals surface area contributed by atoms with Crippen molar-refractivity contribution in [3.63, 3.8) is 0 Å². The van der Waals surface area contributed by atoms with Crippen molar-refractivity contribution in [1.29, 1.82) is 0 Å². The van der Waals surface area contributed by atoms with Crippen molar-refractivity contribution in [1.82, 2.24) is 9.88 Å². The Labute approximate surface area is 107 Å². The molecule has 1 fully saturated rings. The van der Waals surface area contributed by atoms with Gasteiger partial charge in [0, 0.05) is 25.0 Å². The Balaban J connectivity index is 2.07. The van der Waals surface area contributed by atoms with Gasteiger partial charge in [-0.3, -0.25) is 9.88 Å². The van der Waals surface area contributed by atoms with Gasteiger partial charge in [0.2, 0.25) is 0 Å². The van der Waals surface area contributed by atoms with Crippen LogP contribution in [0.1, 0.15) is 31.2 Å². The molecule has 0 amide bonds. The molecule has 1 saturated heterocycles. The van der Waals surface area contributed by atoms with Crippen LogP contribution in [0.4, 0.5) is 0 Å². The van der Waals surface area contributed by atoms with Crippen molar-refractivity contribution in [3.8, 4) is 0 Å². The molecule has 17 heavy (non-hydrogen) atoms. The molecule has 0 bridgehead atoms. The lowest BCUT2D eigenvalue weighted by atomic mass is 10.1. The van der Waals surface area contributed by atoms with Gasteiger partial charge >= 0.3 is 0 Å². The largest absolute Gasteiger partial charge is 0.395 e. The van der Waals surface area contributed by atoms with E-state index in [2.05, 4.69) is 9.88 Å². The molecule has 2 rings (SSSR count). The number of likely N-dealkylation sites (tertiary alicyclic amines) is 1. The van der Waals surface area contributed by atoms with Crippen molar-refractivity contribution in [2.75, 3.05) is 13.2 Å². The average Bonchev–Trinajstić information content (AvgIpc) is 2.57. The molecule has 4 heteroatoms. The topological polar surface area (TPSA) is 36.4 Å². The first-order valence-electron chi connectivity index (χ1n) is 6.24. The molecule has 0 aliphatic carbocycles. The van der Waals surface area contributed by atoms with E-state index in [1.54, 1.807) is 12.4 Å². The van der Waals surface area contributed by atoms with Crippen LogP contribution in [-0.4, -0.2) is 34.2 Å². The number of pyridine rings is 1. The van der Waals surface area contributed by atoms with E-state index in [1.165, 1.54) is 19.3 Å². The first kappa shape index (κ1) is 12.8. The molecule has 0 spiro atoms. The van der Waals surface area contributed by atoms with Gasteiger partial charge in [0.1, 0.15) is 0 Å². The highest BCUT2D eigenvalue weighted by atomic mass is 35.5. The molecule has 1 aromatic rings. The van der Waals surface area contributed by atoms with Gasteiger partial charge in [-0.15, -0.1) is 0 Å². The third-order valence-corrected chi connectivity index (χ3v) is 3.78.